The summed E-state index contributed by atoms with van der Waals surface area (Å²) >= 11 is 1.74. The van der Waals surface area contributed by atoms with Crippen LogP contribution in [0.15, 0.2) is 36.1 Å². The molecule has 0 saturated heterocycles. The van der Waals surface area contributed by atoms with Crippen LogP contribution in [0, 0.1) is 0 Å². The van der Waals surface area contributed by atoms with Gasteiger partial charge >= 0.3 is 0 Å². The molecule has 0 aromatic carbocycles. The average molecular weight is 263 g/mol. The predicted molar refractivity (Wildman–Crippen MR) is 72.4 cm³/mol. The first-order valence-corrected chi connectivity index (χ1v) is 6.64. The third kappa shape index (κ3) is 3.30. The molecule has 0 amide bonds. The van der Waals surface area contributed by atoms with E-state index in [2.05, 4.69) is 45.4 Å². The molecule has 0 aliphatic rings. The molecule has 2 aromatic rings. The topological polar surface area (TPSA) is 46.8 Å². The summed E-state index contributed by atoms with van der Waals surface area (Å²) < 4.78 is 2.10. The standard InChI is InChI=1S/C12H17N5S/c1-10(16(2)3)18-12-14-6-7-17(12)8-11-4-5-13-9-15-11/h4-7,9-10H,8H2,1-3H3. The fourth-order valence-corrected chi connectivity index (χ4v) is 2.28. The Kier molecular flexibility index (Phi) is 4.33. The van der Waals surface area contributed by atoms with Crippen molar-refractivity contribution in [2.24, 2.45) is 0 Å². The van der Waals surface area contributed by atoms with Crippen molar-refractivity contribution in [2.75, 3.05) is 14.1 Å². The van der Waals surface area contributed by atoms with Crippen LogP contribution >= 0.6 is 11.8 Å². The van der Waals surface area contributed by atoms with Gasteiger partial charge in [0.15, 0.2) is 5.16 Å². The Bertz CT molecular complexity index is 482. The number of aromatic nitrogens is 4. The Morgan fingerprint density at radius 2 is 2.17 bits per heavy atom. The van der Waals surface area contributed by atoms with E-state index in [9.17, 15) is 0 Å². The van der Waals surface area contributed by atoms with Gasteiger partial charge in [-0.05, 0) is 27.1 Å². The fourth-order valence-electron chi connectivity index (χ4n) is 1.38. The second-order valence-corrected chi connectivity index (χ2v) is 5.50. The molecule has 2 heterocycles. The molecule has 0 spiro atoms. The maximum Gasteiger partial charge on any atom is 0.169 e. The summed E-state index contributed by atoms with van der Waals surface area (Å²) in [6.07, 6.45) is 7.13. The Morgan fingerprint density at radius 1 is 1.33 bits per heavy atom. The lowest BCUT2D eigenvalue weighted by Crippen LogP contribution is -2.21. The van der Waals surface area contributed by atoms with E-state index in [4.69, 9.17) is 0 Å². The van der Waals surface area contributed by atoms with E-state index < -0.39 is 0 Å². The highest BCUT2D eigenvalue weighted by Crippen LogP contribution is 2.22. The molecule has 0 aliphatic heterocycles. The molecule has 0 fully saturated rings. The molecule has 0 N–H and O–H groups in total. The zero-order valence-corrected chi connectivity index (χ0v) is 11.6. The van der Waals surface area contributed by atoms with Crippen molar-refractivity contribution in [1.82, 2.24) is 24.4 Å². The van der Waals surface area contributed by atoms with Crippen LogP contribution in [0.4, 0.5) is 0 Å². The molecule has 0 aliphatic carbocycles. The summed E-state index contributed by atoms with van der Waals surface area (Å²) in [7, 11) is 4.13. The molecule has 2 rings (SSSR count). The second-order valence-electron chi connectivity index (χ2n) is 4.22. The van der Waals surface area contributed by atoms with Crippen LogP contribution < -0.4 is 0 Å². The third-order valence-corrected chi connectivity index (χ3v) is 3.97. The minimum absolute atomic E-state index is 0.386. The highest BCUT2D eigenvalue weighted by molar-refractivity contribution is 7.99. The molecule has 96 valence electrons. The van der Waals surface area contributed by atoms with Crippen molar-refractivity contribution in [3.63, 3.8) is 0 Å². The first-order valence-electron chi connectivity index (χ1n) is 5.76. The van der Waals surface area contributed by atoms with E-state index in [0.717, 1.165) is 17.4 Å². The molecule has 5 nitrogen and oxygen atoms in total. The Balaban J connectivity index is 2.08. The Labute approximate surface area is 111 Å². The lowest BCUT2D eigenvalue weighted by molar-refractivity contribution is 0.401. The summed E-state index contributed by atoms with van der Waals surface area (Å²) in [6.45, 7) is 2.89. The SMILES string of the molecule is CC(Sc1nccn1Cc1ccncn1)N(C)C. The predicted octanol–water partition coefficient (Wildman–Crippen LogP) is 1.72. The van der Waals surface area contributed by atoms with Gasteiger partial charge in [-0.3, -0.25) is 4.90 Å². The van der Waals surface area contributed by atoms with Gasteiger partial charge in [0, 0.05) is 18.6 Å². The quantitative estimate of drug-likeness (QED) is 0.607. The van der Waals surface area contributed by atoms with Crippen LogP contribution in [0.2, 0.25) is 0 Å². The van der Waals surface area contributed by atoms with E-state index in [1.165, 1.54) is 0 Å². The maximum absolute atomic E-state index is 4.39. The van der Waals surface area contributed by atoms with Crippen molar-refractivity contribution < 1.29 is 0 Å². The monoisotopic (exact) mass is 263 g/mol. The average Bonchev–Trinajstić information content (AvgIpc) is 2.78. The van der Waals surface area contributed by atoms with Gasteiger partial charge < -0.3 is 4.57 Å². The number of hydrogen-bond acceptors (Lipinski definition) is 5. The van der Waals surface area contributed by atoms with Gasteiger partial charge in [0.25, 0.3) is 0 Å². The van der Waals surface area contributed by atoms with Gasteiger partial charge in [-0.2, -0.15) is 0 Å². The van der Waals surface area contributed by atoms with E-state index in [1.54, 1.807) is 24.3 Å². The summed E-state index contributed by atoms with van der Waals surface area (Å²) in [5.74, 6) is 0. The molecule has 0 bridgehead atoms. The third-order valence-electron chi connectivity index (χ3n) is 2.66. The van der Waals surface area contributed by atoms with Crippen LogP contribution in [0.25, 0.3) is 0 Å². The molecule has 0 radical (unpaired) electrons. The number of nitrogens with zero attached hydrogens (tertiary/aromatic N) is 5. The minimum Gasteiger partial charge on any atom is -0.320 e. The van der Waals surface area contributed by atoms with Gasteiger partial charge in [0.05, 0.1) is 17.6 Å². The zero-order valence-electron chi connectivity index (χ0n) is 10.8. The van der Waals surface area contributed by atoms with Crippen molar-refractivity contribution in [3.05, 3.63) is 36.7 Å². The fraction of sp³-hybridized carbons (Fsp3) is 0.417. The summed E-state index contributed by atoms with van der Waals surface area (Å²) in [5, 5.41) is 1.39. The molecule has 18 heavy (non-hydrogen) atoms. The summed E-state index contributed by atoms with van der Waals surface area (Å²) in [4.78, 5) is 14.7. The number of hydrogen-bond donors (Lipinski definition) is 0. The lowest BCUT2D eigenvalue weighted by Gasteiger charge is -2.18. The molecule has 2 aromatic heterocycles. The zero-order chi connectivity index (χ0) is 13.0. The molecule has 0 saturated carbocycles. The van der Waals surface area contributed by atoms with Crippen LogP contribution in [-0.2, 0) is 6.54 Å². The second kappa shape index (κ2) is 5.97. The van der Waals surface area contributed by atoms with Crippen molar-refractivity contribution in [2.45, 2.75) is 24.0 Å². The van der Waals surface area contributed by atoms with Crippen LogP contribution in [0.1, 0.15) is 12.6 Å². The first-order chi connectivity index (χ1) is 8.66. The lowest BCUT2D eigenvalue weighted by atomic mass is 10.4. The molecule has 1 unspecified atom stereocenters. The van der Waals surface area contributed by atoms with Crippen LogP contribution in [0.5, 0.6) is 0 Å². The number of thioether (sulfide) groups is 1. The van der Waals surface area contributed by atoms with Crippen molar-refractivity contribution in [3.8, 4) is 0 Å². The van der Waals surface area contributed by atoms with E-state index in [-0.39, 0.29) is 0 Å². The Morgan fingerprint density at radius 3 is 2.83 bits per heavy atom. The normalized spacial score (nSPS) is 12.9. The van der Waals surface area contributed by atoms with Crippen LogP contribution in [0.3, 0.4) is 0 Å². The van der Waals surface area contributed by atoms with Gasteiger partial charge in [0.1, 0.15) is 6.33 Å². The van der Waals surface area contributed by atoms with Gasteiger partial charge in [0.2, 0.25) is 0 Å². The van der Waals surface area contributed by atoms with E-state index >= 15 is 0 Å². The summed E-state index contributed by atoms with van der Waals surface area (Å²) in [5.41, 5.74) is 0.988. The first kappa shape index (κ1) is 13.0. The van der Waals surface area contributed by atoms with Crippen LogP contribution in [-0.4, -0.2) is 43.9 Å². The molecular weight excluding hydrogens is 246 g/mol. The molecular formula is C12H17N5S. The smallest absolute Gasteiger partial charge is 0.169 e. The van der Waals surface area contributed by atoms with Crippen molar-refractivity contribution in [1.29, 1.82) is 0 Å². The number of rotatable bonds is 5. The van der Waals surface area contributed by atoms with Gasteiger partial charge in [-0.15, -0.1) is 0 Å². The molecule has 6 heteroatoms. The van der Waals surface area contributed by atoms with E-state index in [0.29, 0.717) is 5.37 Å². The minimum atomic E-state index is 0.386. The summed E-state index contributed by atoms with van der Waals surface area (Å²) in [6, 6.07) is 1.92. The van der Waals surface area contributed by atoms with Crippen molar-refractivity contribution >= 4 is 11.8 Å². The van der Waals surface area contributed by atoms with Gasteiger partial charge in [-0.25, -0.2) is 15.0 Å². The highest BCUT2D eigenvalue weighted by Gasteiger charge is 2.11. The Hall–Kier alpha value is -1.40. The number of imidazole rings is 1. The van der Waals surface area contributed by atoms with Gasteiger partial charge in [-0.1, -0.05) is 11.8 Å². The maximum atomic E-state index is 4.39. The van der Waals surface area contributed by atoms with E-state index in [1.807, 2.05) is 18.5 Å². The largest absolute Gasteiger partial charge is 0.320 e. The molecule has 1 atom stereocenters. The highest BCUT2D eigenvalue weighted by atomic mass is 32.2.